The number of urea groups is 1. The third kappa shape index (κ3) is 4.06. The minimum Gasteiger partial charge on any atom is -0.325 e. The van der Waals surface area contributed by atoms with Crippen molar-refractivity contribution in [3.8, 4) is 0 Å². The molecule has 0 radical (unpaired) electrons. The summed E-state index contributed by atoms with van der Waals surface area (Å²) in [6.07, 6.45) is 10.8. The Hall–Kier alpha value is -1.89. The van der Waals surface area contributed by atoms with E-state index in [2.05, 4.69) is 9.71 Å². The lowest BCUT2D eigenvalue weighted by Crippen LogP contribution is -2.48. The maximum absolute atomic E-state index is 13.2. The van der Waals surface area contributed by atoms with Crippen LogP contribution in [0, 0.1) is 6.92 Å². The molecule has 1 spiro atoms. The van der Waals surface area contributed by atoms with Gasteiger partial charge in [0.1, 0.15) is 5.54 Å². The molecule has 2 amide bonds. The molecule has 0 unspecified atom stereocenters. The molecule has 0 atom stereocenters. The van der Waals surface area contributed by atoms with Crippen molar-refractivity contribution in [3.05, 3.63) is 29.8 Å². The van der Waals surface area contributed by atoms with Gasteiger partial charge in [-0.05, 0) is 44.7 Å². The first-order valence-electron chi connectivity index (χ1n) is 10.9. The van der Waals surface area contributed by atoms with Crippen molar-refractivity contribution in [2.24, 2.45) is 4.40 Å². The second-order valence-corrected chi connectivity index (χ2v) is 10.4. The summed E-state index contributed by atoms with van der Waals surface area (Å²) < 4.78 is 30.8. The molecule has 1 saturated heterocycles. The first-order valence-corrected chi connectivity index (χ1v) is 12.4. The SMILES string of the molecule is Cc1ccc(S(=O)(=O)/N=C2\N(C3CCCCC3)C(=O)NC23CCCCCC3)cc1. The minimum absolute atomic E-state index is 0.0401. The van der Waals surface area contributed by atoms with Crippen LogP contribution >= 0.6 is 0 Å². The van der Waals surface area contributed by atoms with E-state index in [0.717, 1.165) is 69.8 Å². The van der Waals surface area contributed by atoms with E-state index in [1.54, 1.807) is 29.2 Å². The molecule has 4 rings (SSSR count). The van der Waals surface area contributed by atoms with Gasteiger partial charge < -0.3 is 5.32 Å². The van der Waals surface area contributed by atoms with Crippen molar-refractivity contribution in [3.63, 3.8) is 0 Å². The molecule has 7 heteroatoms. The van der Waals surface area contributed by atoms with Crippen LogP contribution in [0.5, 0.6) is 0 Å². The maximum atomic E-state index is 13.2. The molecule has 0 aromatic heterocycles. The summed E-state index contributed by atoms with van der Waals surface area (Å²) in [5, 5.41) is 3.18. The number of amidine groups is 1. The van der Waals surface area contributed by atoms with Crippen LogP contribution in [0.15, 0.2) is 33.6 Å². The molecule has 0 bridgehead atoms. The molecular weight excluding hydrogens is 386 g/mol. The predicted molar refractivity (Wildman–Crippen MR) is 113 cm³/mol. The van der Waals surface area contributed by atoms with Gasteiger partial charge in [0.15, 0.2) is 5.84 Å². The predicted octanol–water partition coefficient (Wildman–Crippen LogP) is 4.53. The van der Waals surface area contributed by atoms with Gasteiger partial charge in [-0.15, -0.1) is 4.40 Å². The van der Waals surface area contributed by atoms with Crippen molar-refractivity contribution in [2.45, 2.75) is 94.0 Å². The summed E-state index contributed by atoms with van der Waals surface area (Å²) in [5.41, 5.74) is 0.349. The zero-order valence-corrected chi connectivity index (χ0v) is 18.0. The lowest BCUT2D eigenvalue weighted by Gasteiger charge is -2.33. The Labute approximate surface area is 173 Å². The fourth-order valence-corrected chi connectivity index (χ4v) is 6.09. The first-order chi connectivity index (χ1) is 13.9. The fraction of sp³-hybridized carbons (Fsp3) is 0.636. The average molecular weight is 418 g/mol. The second-order valence-electron chi connectivity index (χ2n) is 8.79. The number of nitrogens with one attached hydrogen (secondary N) is 1. The molecule has 29 heavy (non-hydrogen) atoms. The van der Waals surface area contributed by atoms with Crippen LogP contribution in [0.2, 0.25) is 0 Å². The summed E-state index contributed by atoms with van der Waals surface area (Å²) in [7, 11) is -3.89. The summed E-state index contributed by atoms with van der Waals surface area (Å²) in [6.45, 7) is 1.92. The molecule has 3 fully saturated rings. The lowest BCUT2D eigenvalue weighted by molar-refractivity contribution is 0.203. The van der Waals surface area contributed by atoms with Crippen LogP contribution in [-0.2, 0) is 10.0 Å². The summed E-state index contributed by atoms with van der Waals surface area (Å²) >= 11 is 0. The Morgan fingerprint density at radius 2 is 1.55 bits per heavy atom. The van der Waals surface area contributed by atoms with Gasteiger partial charge in [0.05, 0.1) is 4.90 Å². The first kappa shape index (κ1) is 20.4. The molecule has 1 aromatic rings. The molecule has 158 valence electrons. The number of hydrogen-bond acceptors (Lipinski definition) is 3. The molecule has 1 aromatic carbocycles. The van der Waals surface area contributed by atoms with E-state index in [1.807, 2.05) is 6.92 Å². The van der Waals surface area contributed by atoms with Crippen LogP contribution in [0.1, 0.15) is 76.2 Å². The van der Waals surface area contributed by atoms with Crippen molar-refractivity contribution in [1.82, 2.24) is 10.2 Å². The second kappa shape index (κ2) is 8.09. The maximum Gasteiger partial charge on any atom is 0.323 e. The van der Waals surface area contributed by atoms with E-state index in [9.17, 15) is 13.2 Å². The third-order valence-corrected chi connectivity index (χ3v) is 7.92. The van der Waals surface area contributed by atoms with Crippen molar-refractivity contribution in [1.29, 1.82) is 0 Å². The fourth-order valence-electron chi connectivity index (χ4n) is 5.01. The van der Waals surface area contributed by atoms with E-state index < -0.39 is 15.6 Å². The highest BCUT2D eigenvalue weighted by molar-refractivity contribution is 7.90. The standard InChI is InChI=1S/C22H31N3O3S/c1-17-11-13-19(14-12-17)29(27,28)24-20-22(15-7-2-3-8-16-22)23-21(26)25(20)18-9-5-4-6-10-18/h11-14,18H,2-10,15-16H2,1H3,(H,23,26)/b24-20-. The van der Waals surface area contributed by atoms with E-state index in [-0.39, 0.29) is 17.0 Å². The van der Waals surface area contributed by atoms with Gasteiger partial charge in [0.2, 0.25) is 0 Å². The van der Waals surface area contributed by atoms with Gasteiger partial charge in [-0.3, -0.25) is 4.90 Å². The number of carbonyl (C=O) groups is 1. The minimum atomic E-state index is -3.89. The van der Waals surface area contributed by atoms with E-state index in [0.29, 0.717) is 5.84 Å². The van der Waals surface area contributed by atoms with Crippen molar-refractivity contribution in [2.75, 3.05) is 0 Å². The van der Waals surface area contributed by atoms with E-state index >= 15 is 0 Å². The molecule has 3 aliphatic rings. The molecule has 1 aliphatic heterocycles. The number of nitrogens with zero attached hydrogens (tertiary/aromatic N) is 2. The van der Waals surface area contributed by atoms with E-state index in [4.69, 9.17) is 0 Å². The van der Waals surface area contributed by atoms with E-state index in [1.165, 1.54) is 6.42 Å². The van der Waals surface area contributed by atoms with Gasteiger partial charge in [0.25, 0.3) is 10.0 Å². The summed E-state index contributed by atoms with van der Waals surface area (Å²) in [6, 6.07) is 6.64. The van der Waals surface area contributed by atoms with Gasteiger partial charge in [-0.2, -0.15) is 8.42 Å². The molecule has 1 N–H and O–H groups in total. The summed E-state index contributed by atoms with van der Waals surface area (Å²) in [5.74, 6) is 0.442. The molecule has 2 saturated carbocycles. The molecule has 6 nitrogen and oxygen atoms in total. The average Bonchev–Trinajstić information content (AvgIpc) is 2.84. The van der Waals surface area contributed by atoms with Crippen LogP contribution in [-0.4, -0.2) is 36.8 Å². The number of benzene rings is 1. The zero-order chi connectivity index (χ0) is 20.5. The van der Waals surface area contributed by atoms with Crippen LogP contribution in [0.3, 0.4) is 0 Å². The highest BCUT2D eigenvalue weighted by atomic mass is 32.2. The van der Waals surface area contributed by atoms with Gasteiger partial charge >= 0.3 is 6.03 Å². The largest absolute Gasteiger partial charge is 0.325 e. The van der Waals surface area contributed by atoms with Crippen molar-refractivity contribution < 1.29 is 13.2 Å². The number of hydrogen-bond donors (Lipinski definition) is 1. The molecule has 1 heterocycles. The third-order valence-electron chi connectivity index (χ3n) is 6.64. The zero-order valence-electron chi connectivity index (χ0n) is 17.2. The van der Waals surface area contributed by atoms with Crippen molar-refractivity contribution >= 4 is 21.9 Å². The van der Waals surface area contributed by atoms with Gasteiger partial charge in [-0.25, -0.2) is 4.79 Å². The van der Waals surface area contributed by atoms with Crippen LogP contribution < -0.4 is 5.32 Å². The Morgan fingerprint density at radius 3 is 2.17 bits per heavy atom. The van der Waals surface area contributed by atoms with Crippen LogP contribution in [0.25, 0.3) is 0 Å². The number of aryl methyl sites for hydroxylation is 1. The highest BCUT2D eigenvalue weighted by Gasteiger charge is 2.51. The number of sulfonamides is 1. The van der Waals surface area contributed by atoms with Gasteiger partial charge in [-0.1, -0.05) is 62.6 Å². The monoisotopic (exact) mass is 417 g/mol. The Morgan fingerprint density at radius 1 is 0.966 bits per heavy atom. The number of carbonyl (C=O) groups excluding carboxylic acids is 1. The summed E-state index contributed by atoms with van der Waals surface area (Å²) in [4.78, 5) is 15.0. The Balaban J connectivity index is 1.78. The van der Waals surface area contributed by atoms with Gasteiger partial charge in [0, 0.05) is 6.04 Å². The quantitative estimate of drug-likeness (QED) is 0.784. The lowest BCUT2D eigenvalue weighted by atomic mass is 9.88. The highest BCUT2D eigenvalue weighted by Crippen LogP contribution is 2.37. The topological polar surface area (TPSA) is 78.8 Å². The number of amides is 2. The Bertz CT molecular complexity index is 878. The molecule has 2 aliphatic carbocycles. The number of rotatable bonds is 3. The molecular formula is C22H31N3O3S. The Kier molecular flexibility index (Phi) is 5.69. The smallest absolute Gasteiger partial charge is 0.323 e. The van der Waals surface area contributed by atoms with Crippen LogP contribution in [0.4, 0.5) is 4.79 Å². The normalized spacial score (nSPS) is 24.7.